The van der Waals surface area contributed by atoms with E-state index in [-0.39, 0.29) is 0 Å². The van der Waals surface area contributed by atoms with Crippen molar-refractivity contribution in [1.29, 1.82) is 0 Å². The van der Waals surface area contributed by atoms with E-state index in [1.54, 1.807) is 0 Å². The summed E-state index contributed by atoms with van der Waals surface area (Å²) in [4.78, 5) is 0. The molecule has 2 rings (SSSR count). The Morgan fingerprint density at radius 2 is 2.08 bits per heavy atom. The highest BCUT2D eigenvalue weighted by Gasteiger charge is 2.23. The lowest BCUT2D eigenvalue weighted by Gasteiger charge is -2.25. The fraction of sp³-hybridized carbons (Fsp3) is 0.875. The average Bonchev–Trinajstić information content (AvgIpc) is 2.71. The summed E-state index contributed by atoms with van der Waals surface area (Å²) in [5, 5.41) is 14.1. The Morgan fingerprint density at radius 3 is 2.62 bits per heavy atom. The van der Waals surface area contributed by atoms with E-state index >= 15 is 0 Å². The molecule has 0 aliphatic heterocycles. The van der Waals surface area contributed by atoms with Crippen LogP contribution in [-0.2, 0) is 0 Å². The first-order chi connectivity index (χ1) is 6.40. The van der Waals surface area contributed by atoms with Crippen LogP contribution in [0.5, 0.6) is 0 Å². The van der Waals surface area contributed by atoms with Crippen LogP contribution >= 0.6 is 0 Å². The zero-order chi connectivity index (χ0) is 9.10. The smallest absolute Gasteiger partial charge is 0.177 e. The Morgan fingerprint density at radius 1 is 1.31 bits per heavy atom. The zero-order valence-corrected chi connectivity index (χ0v) is 7.61. The summed E-state index contributed by atoms with van der Waals surface area (Å²) in [7, 11) is 0. The van der Waals surface area contributed by atoms with Crippen LogP contribution in [0.1, 0.15) is 37.4 Å². The third kappa shape index (κ3) is 1.85. The van der Waals surface area contributed by atoms with Gasteiger partial charge < -0.3 is 5.73 Å². The molecule has 0 amide bonds. The van der Waals surface area contributed by atoms with Gasteiger partial charge in [-0.1, -0.05) is 5.21 Å². The van der Waals surface area contributed by atoms with Gasteiger partial charge in [-0.3, -0.25) is 0 Å². The van der Waals surface area contributed by atoms with E-state index in [0.29, 0.717) is 11.8 Å². The average molecular weight is 181 g/mol. The van der Waals surface area contributed by atoms with Crippen molar-refractivity contribution in [2.75, 3.05) is 6.54 Å². The number of tetrazole rings is 1. The second-order valence-corrected chi connectivity index (χ2v) is 3.72. The molecule has 0 atom stereocenters. The number of nitrogens with zero attached hydrogens (tertiary/aromatic N) is 3. The van der Waals surface area contributed by atoms with Crippen molar-refractivity contribution in [2.24, 2.45) is 11.7 Å². The monoisotopic (exact) mass is 181 g/mol. The SMILES string of the molecule is NC[C@H]1CC[C@H](c2nn[nH]n2)CC1. The molecule has 1 aliphatic rings. The number of nitrogens with one attached hydrogen (secondary N) is 1. The van der Waals surface area contributed by atoms with E-state index < -0.39 is 0 Å². The molecular formula is C8H15N5. The fourth-order valence-corrected chi connectivity index (χ4v) is 2.00. The Hall–Kier alpha value is -0.970. The molecule has 13 heavy (non-hydrogen) atoms. The molecule has 0 saturated heterocycles. The Bertz CT molecular complexity index is 237. The number of nitrogens with two attached hydrogens (primary N) is 1. The first-order valence-electron chi connectivity index (χ1n) is 4.83. The summed E-state index contributed by atoms with van der Waals surface area (Å²) >= 11 is 0. The number of rotatable bonds is 2. The van der Waals surface area contributed by atoms with Gasteiger partial charge in [0.1, 0.15) is 0 Å². The number of H-pyrrole nitrogens is 1. The number of aromatic nitrogens is 4. The molecular weight excluding hydrogens is 166 g/mol. The summed E-state index contributed by atoms with van der Waals surface area (Å²) in [6.07, 6.45) is 4.72. The predicted octanol–water partition coefficient (Wildman–Crippen LogP) is 0.432. The first kappa shape index (κ1) is 8.62. The molecule has 5 heteroatoms. The molecule has 1 saturated carbocycles. The minimum absolute atomic E-state index is 0.501. The van der Waals surface area contributed by atoms with E-state index in [1.807, 2.05) is 0 Å². The number of hydrogen-bond acceptors (Lipinski definition) is 4. The highest BCUT2D eigenvalue weighted by molar-refractivity contribution is 4.93. The molecule has 1 aromatic rings. The van der Waals surface area contributed by atoms with Gasteiger partial charge in [0.15, 0.2) is 5.82 Å². The predicted molar refractivity (Wildman–Crippen MR) is 47.9 cm³/mol. The molecule has 1 aromatic heterocycles. The number of aromatic amines is 1. The van der Waals surface area contributed by atoms with Crippen LogP contribution in [0.15, 0.2) is 0 Å². The van der Waals surface area contributed by atoms with Gasteiger partial charge in [0.05, 0.1) is 0 Å². The second kappa shape index (κ2) is 3.83. The molecule has 1 fully saturated rings. The van der Waals surface area contributed by atoms with Gasteiger partial charge in [-0.15, -0.1) is 10.2 Å². The lowest BCUT2D eigenvalue weighted by atomic mass is 9.82. The van der Waals surface area contributed by atoms with E-state index in [9.17, 15) is 0 Å². The molecule has 72 valence electrons. The van der Waals surface area contributed by atoms with Gasteiger partial charge in [-0.05, 0) is 38.1 Å². The normalized spacial score (nSPS) is 29.0. The number of hydrogen-bond donors (Lipinski definition) is 2. The van der Waals surface area contributed by atoms with Crippen LogP contribution < -0.4 is 5.73 Å². The van der Waals surface area contributed by atoms with E-state index in [0.717, 1.165) is 25.2 Å². The standard InChI is InChI=1S/C8H15N5/c9-5-6-1-3-7(4-2-6)8-10-12-13-11-8/h6-7H,1-5,9H2,(H,10,11,12,13)/t6-,7-. The first-order valence-corrected chi connectivity index (χ1v) is 4.83. The van der Waals surface area contributed by atoms with Crippen molar-refractivity contribution in [2.45, 2.75) is 31.6 Å². The third-order valence-corrected chi connectivity index (χ3v) is 2.91. The van der Waals surface area contributed by atoms with Crippen LogP contribution in [0.25, 0.3) is 0 Å². The fourth-order valence-electron chi connectivity index (χ4n) is 2.00. The summed E-state index contributed by atoms with van der Waals surface area (Å²) in [6.45, 7) is 0.818. The maximum atomic E-state index is 5.62. The van der Waals surface area contributed by atoms with Gasteiger partial charge in [-0.2, -0.15) is 5.21 Å². The van der Waals surface area contributed by atoms with Crippen molar-refractivity contribution in [3.63, 3.8) is 0 Å². The highest BCUT2D eigenvalue weighted by Crippen LogP contribution is 2.33. The maximum absolute atomic E-state index is 5.62. The van der Waals surface area contributed by atoms with Gasteiger partial charge >= 0.3 is 0 Å². The van der Waals surface area contributed by atoms with Crippen LogP contribution in [0.3, 0.4) is 0 Å². The summed E-state index contributed by atoms with van der Waals surface area (Å²) < 4.78 is 0. The lowest BCUT2D eigenvalue weighted by molar-refractivity contribution is 0.325. The van der Waals surface area contributed by atoms with Gasteiger partial charge in [0, 0.05) is 5.92 Å². The molecule has 5 nitrogen and oxygen atoms in total. The van der Waals surface area contributed by atoms with Crippen LogP contribution in [0.2, 0.25) is 0 Å². The molecule has 0 spiro atoms. The Labute approximate surface area is 77.1 Å². The van der Waals surface area contributed by atoms with Crippen molar-refractivity contribution in [3.8, 4) is 0 Å². The molecule has 0 radical (unpaired) electrons. The van der Waals surface area contributed by atoms with Crippen molar-refractivity contribution in [3.05, 3.63) is 5.82 Å². The van der Waals surface area contributed by atoms with Crippen molar-refractivity contribution in [1.82, 2.24) is 20.6 Å². The molecule has 1 heterocycles. The minimum Gasteiger partial charge on any atom is -0.330 e. The summed E-state index contributed by atoms with van der Waals surface area (Å²) in [5.74, 6) is 2.08. The lowest BCUT2D eigenvalue weighted by Crippen LogP contribution is -2.21. The molecule has 3 N–H and O–H groups in total. The van der Waals surface area contributed by atoms with Crippen LogP contribution in [-0.4, -0.2) is 27.2 Å². The van der Waals surface area contributed by atoms with E-state index in [4.69, 9.17) is 5.73 Å². The van der Waals surface area contributed by atoms with Crippen molar-refractivity contribution >= 4 is 0 Å². The molecule has 1 aliphatic carbocycles. The quantitative estimate of drug-likeness (QED) is 0.693. The molecule has 0 aromatic carbocycles. The van der Waals surface area contributed by atoms with Gasteiger partial charge in [0.25, 0.3) is 0 Å². The molecule has 0 bridgehead atoms. The largest absolute Gasteiger partial charge is 0.330 e. The van der Waals surface area contributed by atoms with Crippen LogP contribution in [0.4, 0.5) is 0 Å². The Balaban J connectivity index is 1.92. The highest BCUT2D eigenvalue weighted by atomic mass is 15.5. The summed E-state index contributed by atoms with van der Waals surface area (Å²) in [6, 6.07) is 0. The second-order valence-electron chi connectivity index (χ2n) is 3.72. The molecule has 0 unspecified atom stereocenters. The zero-order valence-electron chi connectivity index (χ0n) is 7.61. The topological polar surface area (TPSA) is 80.5 Å². The summed E-state index contributed by atoms with van der Waals surface area (Å²) in [5.41, 5.74) is 5.62. The van der Waals surface area contributed by atoms with Gasteiger partial charge in [0.2, 0.25) is 0 Å². The van der Waals surface area contributed by atoms with Gasteiger partial charge in [-0.25, -0.2) is 0 Å². The van der Waals surface area contributed by atoms with E-state index in [1.165, 1.54) is 12.8 Å². The third-order valence-electron chi connectivity index (χ3n) is 2.91. The van der Waals surface area contributed by atoms with E-state index in [2.05, 4.69) is 20.6 Å². The minimum atomic E-state index is 0.501. The van der Waals surface area contributed by atoms with Crippen LogP contribution in [0, 0.1) is 5.92 Å². The Kier molecular flexibility index (Phi) is 2.54. The van der Waals surface area contributed by atoms with Crippen molar-refractivity contribution < 1.29 is 0 Å². The maximum Gasteiger partial charge on any atom is 0.177 e.